The van der Waals surface area contributed by atoms with Crippen molar-refractivity contribution in [3.8, 4) is 0 Å². The van der Waals surface area contributed by atoms with Crippen LogP contribution in [0.3, 0.4) is 0 Å². The standard InChI is InChI=1S/C2H4NS2/c1-2-5-3-4-1/h1-2H2. The molecular formula is C2H4NS2. The van der Waals surface area contributed by atoms with Crippen LogP contribution in [0, 0.1) is 0 Å². The summed E-state index contributed by atoms with van der Waals surface area (Å²) in [5, 5.41) is 0. The Morgan fingerprint density at radius 3 is 2.00 bits per heavy atom. The number of hydrogen-bond donors (Lipinski definition) is 0. The van der Waals surface area contributed by atoms with Gasteiger partial charge in [0, 0.05) is 11.5 Å². The van der Waals surface area contributed by atoms with Crippen molar-refractivity contribution in [2.75, 3.05) is 11.5 Å². The predicted molar refractivity (Wildman–Crippen MR) is 27.0 cm³/mol. The number of rotatable bonds is 0. The van der Waals surface area contributed by atoms with Crippen LogP contribution in [-0.2, 0) is 0 Å². The lowest BCUT2D eigenvalue weighted by molar-refractivity contribution is 1.59. The monoisotopic (exact) mass is 106 g/mol. The summed E-state index contributed by atoms with van der Waals surface area (Å²) in [4.78, 5) is 0. The zero-order valence-corrected chi connectivity index (χ0v) is 4.31. The maximum absolute atomic E-state index is 3.92. The molecule has 0 aromatic heterocycles. The highest BCUT2D eigenvalue weighted by atomic mass is 32.2. The Bertz CT molecular complexity index is 19.2. The molecule has 0 aliphatic carbocycles. The number of nitrogens with zero attached hydrogens (tertiary/aromatic N) is 1. The molecule has 0 N–H and O–H groups in total. The van der Waals surface area contributed by atoms with E-state index in [4.69, 9.17) is 0 Å². The summed E-state index contributed by atoms with van der Waals surface area (Å²) in [6.45, 7) is 0. The van der Waals surface area contributed by atoms with E-state index in [1.165, 1.54) is 11.5 Å². The van der Waals surface area contributed by atoms with Crippen LogP contribution in [-0.4, -0.2) is 11.5 Å². The Hall–Kier alpha value is 0.660. The summed E-state index contributed by atoms with van der Waals surface area (Å²) in [5.74, 6) is 2.43. The minimum absolute atomic E-state index is 1.21. The first-order valence-electron chi connectivity index (χ1n) is 1.44. The fourth-order valence-electron chi connectivity index (χ4n) is 0.186. The highest BCUT2D eigenvalue weighted by Crippen LogP contribution is 2.15. The van der Waals surface area contributed by atoms with Crippen LogP contribution >= 0.6 is 23.9 Å². The van der Waals surface area contributed by atoms with Gasteiger partial charge in [-0.3, -0.25) is 0 Å². The molecule has 0 bridgehead atoms. The van der Waals surface area contributed by atoms with E-state index in [2.05, 4.69) is 4.13 Å². The molecule has 1 saturated heterocycles. The van der Waals surface area contributed by atoms with E-state index >= 15 is 0 Å². The second kappa shape index (κ2) is 1.95. The van der Waals surface area contributed by atoms with Crippen molar-refractivity contribution >= 4 is 23.9 Å². The SMILES string of the molecule is C1CS[N]S1. The molecule has 5 heavy (non-hydrogen) atoms. The molecule has 0 saturated carbocycles. The Kier molecular flexibility index (Phi) is 1.50. The molecule has 1 fully saturated rings. The van der Waals surface area contributed by atoms with Gasteiger partial charge < -0.3 is 0 Å². The maximum Gasteiger partial charge on any atom is 0.0208 e. The summed E-state index contributed by atoms with van der Waals surface area (Å²) in [5.41, 5.74) is 0. The molecule has 0 aromatic carbocycles. The molecule has 0 amide bonds. The third-order valence-electron chi connectivity index (χ3n) is 0.371. The second-order valence-corrected chi connectivity index (χ2v) is 2.67. The third kappa shape index (κ3) is 1.03. The van der Waals surface area contributed by atoms with Crippen LogP contribution < -0.4 is 4.13 Å². The van der Waals surface area contributed by atoms with Crippen molar-refractivity contribution in [2.24, 2.45) is 0 Å². The van der Waals surface area contributed by atoms with Crippen molar-refractivity contribution in [3.05, 3.63) is 0 Å². The first-order valence-corrected chi connectivity index (χ1v) is 3.33. The molecule has 0 spiro atoms. The molecule has 1 nitrogen and oxygen atoms in total. The minimum Gasteiger partial charge on any atom is -0.107 e. The first-order chi connectivity index (χ1) is 2.50. The topological polar surface area (TPSA) is 14.1 Å². The highest BCUT2D eigenvalue weighted by molar-refractivity contribution is 8.15. The molecule has 3 heteroatoms. The average Bonchev–Trinajstić information content (AvgIpc) is 1.76. The summed E-state index contributed by atoms with van der Waals surface area (Å²) < 4.78 is 3.92. The molecule has 0 atom stereocenters. The lowest BCUT2D eigenvalue weighted by atomic mass is 11.0. The predicted octanol–water partition coefficient (Wildman–Crippen LogP) is 0.901. The molecule has 29 valence electrons. The Labute approximate surface area is 40.2 Å². The summed E-state index contributed by atoms with van der Waals surface area (Å²) in [7, 11) is 0. The fraction of sp³-hybridized carbons (Fsp3) is 1.00. The van der Waals surface area contributed by atoms with E-state index in [0.29, 0.717) is 0 Å². The summed E-state index contributed by atoms with van der Waals surface area (Å²) in [6, 6.07) is 0. The van der Waals surface area contributed by atoms with Crippen LogP contribution in [0.2, 0.25) is 0 Å². The maximum atomic E-state index is 3.92. The van der Waals surface area contributed by atoms with Gasteiger partial charge in [0.25, 0.3) is 0 Å². The lowest BCUT2D eigenvalue weighted by Crippen LogP contribution is -1.64. The van der Waals surface area contributed by atoms with Crippen LogP contribution in [0.25, 0.3) is 0 Å². The smallest absolute Gasteiger partial charge is 0.0208 e. The van der Waals surface area contributed by atoms with E-state index in [-0.39, 0.29) is 0 Å². The van der Waals surface area contributed by atoms with Crippen molar-refractivity contribution in [3.63, 3.8) is 0 Å². The van der Waals surface area contributed by atoms with Gasteiger partial charge >= 0.3 is 0 Å². The van der Waals surface area contributed by atoms with Gasteiger partial charge in [-0.1, -0.05) is 0 Å². The van der Waals surface area contributed by atoms with Gasteiger partial charge in [-0.25, -0.2) is 0 Å². The molecule has 1 aliphatic heterocycles. The summed E-state index contributed by atoms with van der Waals surface area (Å²) in [6.07, 6.45) is 0. The molecule has 0 aromatic rings. The molecule has 1 rings (SSSR count). The highest BCUT2D eigenvalue weighted by Gasteiger charge is 1.97. The Morgan fingerprint density at radius 1 is 1.20 bits per heavy atom. The molecule has 1 heterocycles. The molecule has 0 unspecified atom stereocenters. The Balaban J connectivity index is 2.08. The van der Waals surface area contributed by atoms with E-state index in [0.717, 1.165) is 0 Å². The van der Waals surface area contributed by atoms with Crippen LogP contribution in [0.15, 0.2) is 0 Å². The van der Waals surface area contributed by atoms with Crippen molar-refractivity contribution < 1.29 is 0 Å². The van der Waals surface area contributed by atoms with Gasteiger partial charge in [0.2, 0.25) is 0 Å². The van der Waals surface area contributed by atoms with Gasteiger partial charge in [-0.2, -0.15) is 0 Å². The van der Waals surface area contributed by atoms with Crippen molar-refractivity contribution in [1.29, 1.82) is 0 Å². The molecular weight excluding hydrogens is 102 g/mol. The summed E-state index contributed by atoms with van der Waals surface area (Å²) >= 11 is 3.32. The van der Waals surface area contributed by atoms with E-state index in [1.54, 1.807) is 23.9 Å². The van der Waals surface area contributed by atoms with Gasteiger partial charge in [0.05, 0.1) is 0 Å². The van der Waals surface area contributed by atoms with E-state index in [9.17, 15) is 0 Å². The lowest BCUT2D eigenvalue weighted by Gasteiger charge is -1.68. The van der Waals surface area contributed by atoms with Gasteiger partial charge in [0.15, 0.2) is 0 Å². The van der Waals surface area contributed by atoms with E-state index in [1.807, 2.05) is 0 Å². The van der Waals surface area contributed by atoms with Gasteiger partial charge in [0.1, 0.15) is 0 Å². The Morgan fingerprint density at radius 2 is 1.80 bits per heavy atom. The number of hydrogen-bond acceptors (Lipinski definition) is 2. The van der Waals surface area contributed by atoms with Gasteiger partial charge in [-0.05, 0) is 23.9 Å². The molecule has 1 aliphatic rings. The van der Waals surface area contributed by atoms with E-state index < -0.39 is 0 Å². The zero-order valence-electron chi connectivity index (χ0n) is 2.68. The van der Waals surface area contributed by atoms with Crippen LogP contribution in [0.5, 0.6) is 0 Å². The zero-order chi connectivity index (χ0) is 3.54. The third-order valence-corrected chi connectivity index (χ3v) is 2.25. The molecule has 1 radical (unpaired) electrons. The van der Waals surface area contributed by atoms with Crippen LogP contribution in [0.4, 0.5) is 0 Å². The van der Waals surface area contributed by atoms with Gasteiger partial charge in [-0.15, -0.1) is 4.13 Å². The van der Waals surface area contributed by atoms with Crippen molar-refractivity contribution in [2.45, 2.75) is 0 Å². The quantitative estimate of drug-likeness (QED) is 0.426. The first kappa shape index (κ1) is 3.84. The average molecular weight is 106 g/mol. The van der Waals surface area contributed by atoms with Crippen LogP contribution in [0.1, 0.15) is 0 Å². The van der Waals surface area contributed by atoms with Crippen molar-refractivity contribution in [1.82, 2.24) is 4.13 Å². The normalized spacial score (nSPS) is 24.0. The fourth-order valence-corrected chi connectivity index (χ4v) is 1.68. The largest absolute Gasteiger partial charge is 0.107 e. The minimum atomic E-state index is 1.21. The second-order valence-electron chi connectivity index (χ2n) is 0.741.